The second-order valence-electron chi connectivity index (χ2n) is 6.62. The maximum absolute atomic E-state index is 13.3. The first-order valence-electron chi connectivity index (χ1n) is 9.20. The Morgan fingerprint density at radius 3 is 2.59 bits per heavy atom. The van der Waals surface area contributed by atoms with Crippen LogP contribution in [0.4, 0.5) is 18.9 Å². The molecule has 0 aliphatic heterocycles. The Morgan fingerprint density at radius 1 is 1.25 bits per heavy atom. The summed E-state index contributed by atoms with van der Waals surface area (Å²) in [5, 5.41) is 8.63. The molecule has 0 bridgehead atoms. The van der Waals surface area contributed by atoms with Crippen molar-refractivity contribution >= 4 is 58.3 Å². The zero-order chi connectivity index (χ0) is 23.6. The van der Waals surface area contributed by atoms with Gasteiger partial charge in [0.25, 0.3) is 11.8 Å². The molecule has 0 aliphatic rings. The average molecular weight is 529 g/mol. The highest BCUT2D eigenvalue weighted by Gasteiger charge is 2.36. The minimum Gasteiger partial charge on any atom is -0.352 e. The van der Waals surface area contributed by atoms with Crippen molar-refractivity contribution in [3.63, 3.8) is 0 Å². The van der Waals surface area contributed by atoms with Crippen molar-refractivity contribution in [1.29, 1.82) is 0 Å². The second kappa shape index (κ2) is 9.33. The van der Waals surface area contributed by atoms with Crippen molar-refractivity contribution in [3.05, 3.63) is 63.0 Å². The van der Waals surface area contributed by atoms with Gasteiger partial charge in [-0.15, -0.1) is 0 Å². The zero-order valence-corrected chi connectivity index (χ0v) is 19.1. The fourth-order valence-corrected chi connectivity index (χ4v) is 3.73. The number of anilines is 1. The molecule has 2 aromatic heterocycles. The van der Waals surface area contributed by atoms with Gasteiger partial charge in [-0.3, -0.25) is 9.59 Å². The van der Waals surface area contributed by atoms with Gasteiger partial charge in [0.1, 0.15) is 13.5 Å². The molecule has 0 aliphatic carbocycles. The van der Waals surface area contributed by atoms with E-state index in [1.807, 2.05) is 0 Å². The van der Waals surface area contributed by atoms with Crippen LogP contribution in [0, 0.1) is 0 Å². The zero-order valence-electron chi connectivity index (χ0n) is 16.7. The van der Waals surface area contributed by atoms with Gasteiger partial charge in [0.05, 0.1) is 16.3 Å². The number of amides is 2. The molecule has 1 aromatic carbocycles. The molecule has 7 nitrogen and oxygen atoms in total. The van der Waals surface area contributed by atoms with Crippen LogP contribution in [0.1, 0.15) is 33.5 Å². The molecule has 166 valence electrons. The summed E-state index contributed by atoms with van der Waals surface area (Å²) in [7, 11) is 1.76. The fraction of sp³-hybridized carbons (Fsp3) is 0.158. The molecule has 2 amide bonds. The number of aromatic nitrogens is 3. The molecule has 0 saturated carbocycles. The SMILES string of the molecule is Bc1cc(Br)c(NC(=O)c2cc(C(F)(F)F)nn2-c2ncccc2Cl)c(C(=O)NCC)c1. The van der Waals surface area contributed by atoms with Crippen LogP contribution in [-0.2, 0) is 6.18 Å². The van der Waals surface area contributed by atoms with Crippen molar-refractivity contribution in [2.24, 2.45) is 0 Å². The van der Waals surface area contributed by atoms with Gasteiger partial charge in [-0.05, 0) is 35.0 Å². The number of hydrogen-bond acceptors (Lipinski definition) is 4. The first-order chi connectivity index (χ1) is 15.0. The van der Waals surface area contributed by atoms with Gasteiger partial charge < -0.3 is 10.6 Å². The summed E-state index contributed by atoms with van der Waals surface area (Å²) >= 11 is 9.37. The van der Waals surface area contributed by atoms with E-state index in [2.05, 4.69) is 36.6 Å². The van der Waals surface area contributed by atoms with Crippen LogP contribution in [0.3, 0.4) is 0 Å². The van der Waals surface area contributed by atoms with E-state index in [-0.39, 0.29) is 22.1 Å². The summed E-state index contributed by atoms with van der Waals surface area (Å²) in [6.07, 6.45) is -3.50. The number of hydrogen-bond donors (Lipinski definition) is 2. The number of nitrogens with one attached hydrogen (secondary N) is 2. The third-order valence-electron chi connectivity index (χ3n) is 4.23. The molecule has 32 heavy (non-hydrogen) atoms. The highest BCUT2D eigenvalue weighted by Crippen LogP contribution is 2.31. The molecular formula is C19H15BBrClF3N5O2. The largest absolute Gasteiger partial charge is 0.435 e. The van der Waals surface area contributed by atoms with E-state index in [9.17, 15) is 22.8 Å². The van der Waals surface area contributed by atoms with E-state index in [0.29, 0.717) is 21.8 Å². The maximum Gasteiger partial charge on any atom is 0.435 e. The van der Waals surface area contributed by atoms with Gasteiger partial charge in [-0.1, -0.05) is 29.2 Å². The van der Waals surface area contributed by atoms with Gasteiger partial charge >= 0.3 is 6.18 Å². The van der Waals surface area contributed by atoms with Gasteiger partial charge in [0.2, 0.25) is 0 Å². The highest BCUT2D eigenvalue weighted by molar-refractivity contribution is 9.10. The molecule has 3 aromatic rings. The van der Waals surface area contributed by atoms with Crippen molar-refractivity contribution in [2.45, 2.75) is 13.1 Å². The Hall–Kier alpha value is -2.86. The van der Waals surface area contributed by atoms with Crippen LogP contribution in [0.5, 0.6) is 0 Å². The van der Waals surface area contributed by atoms with Crippen molar-refractivity contribution < 1.29 is 22.8 Å². The number of alkyl halides is 3. The summed E-state index contributed by atoms with van der Waals surface area (Å²) < 4.78 is 41.1. The van der Waals surface area contributed by atoms with E-state index in [1.165, 1.54) is 18.3 Å². The molecule has 13 heteroatoms. The molecule has 2 N–H and O–H groups in total. The van der Waals surface area contributed by atoms with Crippen molar-refractivity contribution in [2.75, 3.05) is 11.9 Å². The standard InChI is InChI=1S/C19H15BBrClF3N5O2/c1-2-26-17(31)10-6-9(20)7-11(21)15(10)28-18(32)13-8-14(19(23,24)25)29-30(13)16-12(22)4-3-5-27-16/h3-8H,2,20H2,1H3,(H,26,31)(H,28,32). The molecule has 2 heterocycles. The number of carbonyl (C=O) groups excluding carboxylic acids is 2. The third-order valence-corrected chi connectivity index (χ3v) is 5.15. The fourth-order valence-electron chi connectivity index (χ4n) is 2.86. The topological polar surface area (TPSA) is 88.9 Å². The first kappa shape index (κ1) is 23.8. The molecule has 0 spiro atoms. The number of nitrogens with zero attached hydrogens (tertiary/aromatic N) is 3. The number of carbonyl (C=O) groups is 2. The lowest BCUT2D eigenvalue weighted by Gasteiger charge is -2.15. The van der Waals surface area contributed by atoms with E-state index in [4.69, 9.17) is 11.6 Å². The van der Waals surface area contributed by atoms with Crippen molar-refractivity contribution in [3.8, 4) is 5.82 Å². The average Bonchev–Trinajstić information content (AvgIpc) is 3.16. The second-order valence-corrected chi connectivity index (χ2v) is 7.88. The number of pyridine rings is 1. The van der Waals surface area contributed by atoms with Gasteiger partial charge in [-0.25, -0.2) is 9.67 Å². The summed E-state index contributed by atoms with van der Waals surface area (Å²) in [5.41, 5.74) is -0.783. The predicted molar refractivity (Wildman–Crippen MR) is 120 cm³/mol. The van der Waals surface area contributed by atoms with Crippen LogP contribution >= 0.6 is 27.5 Å². The van der Waals surface area contributed by atoms with Gasteiger partial charge in [-0.2, -0.15) is 18.3 Å². The number of rotatable bonds is 5. The summed E-state index contributed by atoms with van der Waals surface area (Å²) in [6.45, 7) is 2.08. The van der Waals surface area contributed by atoms with Gasteiger partial charge in [0, 0.05) is 23.3 Å². The van der Waals surface area contributed by atoms with Crippen LogP contribution in [-0.4, -0.2) is 41.0 Å². The van der Waals surface area contributed by atoms with E-state index in [1.54, 1.807) is 26.9 Å². The third kappa shape index (κ3) is 4.96. The van der Waals surface area contributed by atoms with E-state index < -0.39 is 29.4 Å². The van der Waals surface area contributed by atoms with Crippen LogP contribution in [0.25, 0.3) is 5.82 Å². The summed E-state index contributed by atoms with van der Waals surface area (Å²) in [6, 6.07) is 6.70. The van der Waals surface area contributed by atoms with Crippen LogP contribution in [0.15, 0.2) is 41.0 Å². The first-order valence-corrected chi connectivity index (χ1v) is 10.4. The summed E-state index contributed by atoms with van der Waals surface area (Å²) in [4.78, 5) is 29.5. The summed E-state index contributed by atoms with van der Waals surface area (Å²) in [5.74, 6) is -1.55. The Balaban J connectivity index is 2.11. The Kier molecular flexibility index (Phi) is 6.94. The Bertz CT molecular complexity index is 1200. The number of benzene rings is 1. The van der Waals surface area contributed by atoms with Crippen LogP contribution < -0.4 is 16.1 Å². The smallest absolute Gasteiger partial charge is 0.352 e. The quantitative estimate of drug-likeness (QED) is 0.499. The monoisotopic (exact) mass is 527 g/mol. The molecular weight excluding hydrogens is 513 g/mol. The Morgan fingerprint density at radius 2 is 1.97 bits per heavy atom. The molecule has 0 fully saturated rings. The van der Waals surface area contributed by atoms with E-state index >= 15 is 0 Å². The predicted octanol–water partition coefficient (Wildman–Crippen LogP) is 2.96. The molecule has 0 saturated heterocycles. The van der Waals surface area contributed by atoms with Gasteiger partial charge in [0.15, 0.2) is 11.5 Å². The molecule has 0 unspecified atom stereocenters. The Labute approximate surface area is 194 Å². The highest BCUT2D eigenvalue weighted by atomic mass is 79.9. The van der Waals surface area contributed by atoms with E-state index in [0.717, 1.165) is 5.46 Å². The minimum atomic E-state index is -4.81. The number of halogens is 5. The maximum atomic E-state index is 13.3. The lowest BCUT2D eigenvalue weighted by molar-refractivity contribution is -0.141. The van der Waals surface area contributed by atoms with Crippen LogP contribution in [0.2, 0.25) is 5.02 Å². The normalized spacial score (nSPS) is 11.3. The molecule has 0 radical (unpaired) electrons. The molecule has 3 rings (SSSR count). The molecule has 0 atom stereocenters. The minimum absolute atomic E-state index is 0.00194. The lowest BCUT2D eigenvalue weighted by Crippen LogP contribution is -2.27. The van der Waals surface area contributed by atoms with Crippen molar-refractivity contribution in [1.82, 2.24) is 20.1 Å². The lowest BCUT2D eigenvalue weighted by atomic mass is 9.93.